The number of nitrogens with one attached hydrogen (secondary N) is 1. The van der Waals surface area contributed by atoms with Crippen molar-refractivity contribution in [1.82, 2.24) is 9.97 Å². The lowest BCUT2D eigenvalue weighted by Gasteiger charge is -2.11. The summed E-state index contributed by atoms with van der Waals surface area (Å²) in [5.74, 6) is 1.11. The standard InChI is InChI=1S/C19H19N3O2/c1-12(2)18(23)22-14-7-9-15(10-8-14)24-19-17-13(3)5-4-6-16(17)20-11-21-19/h4-12H,1-3H3,(H,22,23). The van der Waals surface area contributed by atoms with Crippen LogP contribution in [0.15, 0.2) is 48.8 Å². The molecule has 0 saturated carbocycles. The average Bonchev–Trinajstić information content (AvgIpc) is 2.57. The minimum Gasteiger partial charge on any atom is -0.438 e. The van der Waals surface area contributed by atoms with E-state index in [-0.39, 0.29) is 11.8 Å². The first-order valence-electron chi connectivity index (χ1n) is 7.83. The number of fused-ring (bicyclic) bond motifs is 1. The van der Waals surface area contributed by atoms with Crippen LogP contribution < -0.4 is 10.1 Å². The van der Waals surface area contributed by atoms with Crippen LogP contribution in [0.4, 0.5) is 5.69 Å². The van der Waals surface area contributed by atoms with E-state index >= 15 is 0 Å². The molecular formula is C19H19N3O2. The Bertz CT molecular complexity index is 868. The van der Waals surface area contributed by atoms with E-state index in [0.29, 0.717) is 11.6 Å². The van der Waals surface area contributed by atoms with Gasteiger partial charge in [-0.15, -0.1) is 0 Å². The summed E-state index contributed by atoms with van der Waals surface area (Å²) in [6.07, 6.45) is 1.49. The smallest absolute Gasteiger partial charge is 0.230 e. The van der Waals surface area contributed by atoms with Crippen LogP contribution in [0.1, 0.15) is 19.4 Å². The molecule has 1 aromatic heterocycles. The maximum absolute atomic E-state index is 11.7. The molecule has 0 atom stereocenters. The monoisotopic (exact) mass is 321 g/mol. The molecule has 0 bridgehead atoms. The normalized spacial score (nSPS) is 10.8. The fourth-order valence-electron chi connectivity index (χ4n) is 2.33. The molecule has 0 aliphatic heterocycles. The first kappa shape index (κ1) is 15.9. The Morgan fingerprint density at radius 2 is 1.83 bits per heavy atom. The lowest BCUT2D eigenvalue weighted by Crippen LogP contribution is -2.17. The van der Waals surface area contributed by atoms with Crippen molar-refractivity contribution in [3.63, 3.8) is 0 Å². The van der Waals surface area contributed by atoms with E-state index in [2.05, 4.69) is 15.3 Å². The highest BCUT2D eigenvalue weighted by Crippen LogP contribution is 2.29. The second-order valence-corrected chi connectivity index (χ2v) is 5.92. The van der Waals surface area contributed by atoms with E-state index in [1.165, 1.54) is 6.33 Å². The van der Waals surface area contributed by atoms with Crippen LogP contribution in [-0.4, -0.2) is 15.9 Å². The van der Waals surface area contributed by atoms with Crippen molar-refractivity contribution >= 4 is 22.5 Å². The largest absolute Gasteiger partial charge is 0.438 e. The van der Waals surface area contributed by atoms with Crippen LogP contribution in [0.5, 0.6) is 11.6 Å². The van der Waals surface area contributed by atoms with Gasteiger partial charge in [0.1, 0.15) is 12.1 Å². The number of amides is 1. The highest BCUT2D eigenvalue weighted by atomic mass is 16.5. The molecule has 3 aromatic rings. The summed E-state index contributed by atoms with van der Waals surface area (Å²) in [6, 6.07) is 13.1. The van der Waals surface area contributed by atoms with Crippen molar-refractivity contribution in [1.29, 1.82) is 0 Å². The third kappa shape index (κ3) is 3.35. The summed E-state index contributed by atoms with van der Waals surface area (Å²) in [7, 11) is 0. The molecule has 0 fully saturated rings. The molecule has 0 saturated heterocycles. The van der Waals surface area contributed by atoms with Gasteiger partial charge in [-0.05, 0) is 42.8 Å². The first-order chi connectivity index (χ1) is 11.5. The van der Waals surface area contributed by atoms with Crippen LogP contribution in [0.3, 0.4) is 0 Å². The Morgan fingerprint density at radius 3 is 2.54 bits per heavy atom. The molecule has 0 aliphatic carbocycles. The summed E-state index contributed by atoms with van der Waals surface area (Å²) < 4.78 is 5.92. The number of carbonyl (C=O) groups excluding carboxylic acids is 1. The number of aryl methyl sites for hydroxylation is 1. The molecule has 0 spiro atoms. The molecule has 122 valence electrons. The van der Waals surface area contributed by atoms with Crippen LogP contribution in [0.2, 0.25) is 0 Å². The minimum absolute atomic E-state index is 0.0129. The fourth-order valence-corrected chi connectivity index (χ4v) is 2.33. The van der Waals surface area contributed by atoms with Gasteiger partial charge in [0.15, 0.2) is 0 Å². The number of aromatic nitrogens is 2. The molecule has 0 radical (unpaired) electrons. The predicted molar refractivity (Wildman–Crippen MR) is 94.3 cm³/mol. The van der Waals surface area contributed by atoms with Gasteiger partial charge in [0.2, 0.25) is 11.8 Å². The zero-order valence-electron chi connectivity index (χ0n) is 13.9. The second-order valence-electron chi connectivity index (χ2n) is 5.92. The van der Waals surface area contributed by atoms with Crippen molar-refractivity contribution in [3.05, 3.63) is 54.4 Å². The van der Waals surface area contributed by atoms with Crippen molar-refractivity contribution in [2.24, 2.45) is 5.92 Å². The number of hydrogen-bond donors (Lipinski definition) is 1. The average molecular weight is 321 g/mol. The fraction of sp³-hybridized carbons (Fsp3) is 0.211. The first-order valence-corrected chi connectivity index (χ1v) is 7.83. The van der Waals surface area contributed by atoms with E-state index in [1.54, 1.807) is 0 Å². The SMILES string of the molecule is Cc1cccc2ncnc(Oc3ccc(NC(=O)C(C)C)cc3)c12. The number of rotatable bonds is 4. The van der Waals surface area contributed by atoms with Gasteiger partial charge >= 0.3 is 0 Å². The summed E-state index contributed by atoms with van der Waals surface area (Å²) in [5.41, 5.74) is 2.65. The number of benzene rings is 2. The molecule has 1 amide bonds. The van der Waals surface area contributed by atoms with Gasteiger partial charge in [0.05, 0.1) is 10.9 Å². The van der Waals surface area contributed by atoms with Gasteiger partial charge in [-0.2, -0.15) is 0 Å². The third-order valence-corrected chi connectivity index (χ3v) is 3.70. The number of ether oxygens (including phenoxy) is 1. The second kappa shape index (κ2) is 6.66. The van der Waals surface area contributed by atoms with Crippen molar-refractivity contribution in [2.45, 2.75) is 20.8 Å². The Morgan fingerprint density at radius 1 is 1.08 bits per heavy atom. The summed E-state index contributed by atoms with van der Waals surface area (Å²) >= 11 is 0. The maximum atomic E-state index is 11.7. The van der Waals surface area contributed by atoms with Gasteiger partial charge in [-0.25, -0.2) is 9.97 Å². The topological polar surface area (TPSA) is 64.1 Å². The molecule has 0 unspecified atom stereocenters. The molecule has 5 nitrogen and oxygen atoms in total. The van der Waals surface area contributed by atoms with E-state index in [9.17, 15) is 4.79 Å². The zero-order chi connectivity index (χ0) is 17.1. The van der Waals surface area contributed by atoms with Crippen LogP contribution in [0, 0.1) is 12.8 Å². The van der Waals surface area contributed by atoms with Gasteiger partial charge in [-0.1, -0.05) is 26.0 Å². The molecule has 2 aromatic carbocycles. The molecule has 1 N–H and O–H groups in total. The van der Waals surface area contributed by atoms with Crippen LogP contribution in [-0.2, 0) is 4.79 Å². The van der Waals surface area contributed by atoms with E-state index in [4.69, 9.17) is 4.74 Å². The number of hydrogen-bond acceptors (Lipinski definition) is 4. The summed E-state index contributed by atoms with van der Waals surface area (Å²) in [6.45, 7) is 5.72. The van der Waals surface area contributed by atoms with Crippen LogP contribution >= 0.6 is 0 Å². The molecule has 1 heterocycles. The Labute approximate surface area is 140 Å². The number of nitrogens with zero attached hydrogens (tertiary/aromatic N) is 2. The van der Waals surface area contributed by atoms with Crippen molar-refractivity contribution in [2.75, 3.05) is 5.32 Å². The summed E-state index contributed by atoms with van der Waals surface area (Å²) in [5, 5.41) is 3.75. The highest BCUT2D eigenvalue weighted by molar-refractivity contribution is 5.92. The maximum Gasteiger partial charge on any atom is 0.230 e. The molecule has 24 heavy (non-hydrogen) atoms. The van der Waals surface area contributed by atoms with E-state index < -0.39 is 0 Å². The lowest BCUT2D eigenvalue weighted by atomic mass is 10.1. The number of anilines is 1. The summed E-state index contributed by atoms with van der Waals surface area (Å²) in [4.78, 5) is 20.2. The third-order valence-electron chi connectivity index (χ3n) is 3.70. The Hall–Kier alpha value is -2.95. The molecule has 5 heteroatoms. The lowest BCUT2D eigenvalue weighted by molar-refractivity contribution is -0.118. The van der Waals surface area contributed by atoms with Crippen molar-refractivity contribution < 1.29 is 9.53 Å². The molecule has 3 rings (SSSR count). The quantitative estimate of drug-likeness (QED) is 0.777. The highest BCUT2D eigenvalue weighted by Gasteiger charge is 2.10. The predicted octanol–water partition coefficient (Wildman–Crippen LogP) is 4.33. The van der Waals surface area contributed by atoms with Gasteiger partial charge in [0, 0.05) is 11.6 Å². The van der Waals surface area contributed by atoms with Crippen molar-refractivity contribution in [3.8, 4) is 11.6 Å². The Balaban J connectivity index is 1.83. The van der Waals surface area contributed by atoms with Crippen LogP contribution in [0.25, 0.3) is 10.9 Å². The molecule has 0 aliphatic rings. The Kier molecular flexibility index (Phi) is 4.42. The van der Waals surface area contributed by atoms with E-state index in [0.717, 1.165) is 22.2 Å². The molecular weight excluding hydrogens is 302 g/mol. The number of carbonyl (C=O) groups is 1. The van der Waals surface area contributed by atoms with E-state index in [1.807, 2.05) is 63.2 Å². The van der Waals surface area contributed by atoms with Gasteiger partial charge in [-0.3, -0.25) is 4.79 Å². The van der Waals surface area contributed by atoms with Gasteiger partial charge in [0.25, 0.3) is 0 Å². The zero-order valence-corrected chi connectivity index (χ0v) is 13.9. The minimum atomic E-state index is -0.0590. The van der Waals surface area contributed by atoms with Gasteiger partial charge < -0.3 is 10.1 Å².